The summed E-state index contributed by atoms with van der Waals surface area (Å²) in [6.45, 7) is 2.79. The summed E-state index contributed by atoms with van der Waals surface area (Å²) in [6.07, 6.45) is 1.34. The van der Waals surface area contributed by atoms with E-state index in [4.69, 9.17) is 5.73 Å². The minimum Gasteiger partial charge on any atom is -0.389 e. The number of rotatable bonds is 4. The molecule has 0 aliphatic carbocycles. The van der Waals surface area contributed by atoms with Crippen LogP contribution in [0.1, 0.15) is 30.9 Å². The molecule has 3 N–H and O–H groups in total. The number of piperidine rings is 1. The molecule has 1 aliphatic rings. The Hall–Kier alpha value is -0.950. The monoisotopic (exact) mass is 298 g/mol. The molecule has 1 aromatic rings. The molecule has 112 valence electrons. The van der Waals surface area contributed by atoms with Crippen LogP contribution in [0.2, 0.25) is 0 Å². The zero-order chi connectivity index (χ0) is 14.8. The van der Waals surface area contributed by atoms with Crippen LogP contribution >= 0.6 is 0 Å². The maximum Gasteiger partial charge on any atom is 0.218 e. The van der Waals surface area contributed by atoms with E-state index >= 15 is 0 Å². The molecule has 1 heterocycles. The highest BCUT2D eigenvalue weighted by Gasteiger charge is 2.34. The average molecular weight is 298 g/mol. The smallest absolute Gasteiger partial charge is 0.218 e. The van der Waals surface area contributed by atoms with Crippen LogP contribution in [-0.4, -0.2) is 36.5 Å². The van der Waals surface area contributed by atoms with E-state index in [1.54, 1.807) is 19.1 Å². The Labute approximate surface area is 120 Å². The Morgan fingerprint density at radius 3 is 2.45 bits per heavy atom. The number of benzene rings is 1. The van der Waals surface area contributed by atoms with E-state index in [0.29, 0.717) is 25.9 Å². The van der Waals surface area contributed by atoms with Gasteiger partial charge in [-0.25, -0.2) is 8.42 Å². The van der Waals surface area contributed by atoms with Gasteiger partial charge in [-0.05, 0) is 30.9 Å². The molecule has 0 spiro atoms. The first-order valence-electron chi connectivity index (χ1n) is 6.80. The van der Waals surface area contributed by atoms with Crippen molar-refractivity contribution in [3.05, 3.63) is 35.4 Å². The summed E-state index contributed by atoms with van der Waals surface area (Å²) >= 11 is 0. The van der Waals surface area contributed by atoms with Gasteiger partial charge >= 0.3 is 0 Å². The van der Waals surface area contributed by atoms with Gasteiger partial charge in [0, 0.05) is 19.6 Å². The fourth-order valence-corrected chi connectivity index (χ4v) is 4.16. The van der Waals surface area contributed by atoms with Crippen molar-refractivity contribution in [2.24, 2.45) is 5.73 Å². The van der Waals surface area contributed by atoms with Crippen molar-refractivity contribution < 1.29 is 13.5 Å². The normalized spacial score (nSPS) is 24.8. The average Bonchev–Trinajstić information content (AvgIpc) is 2.38. The Morgan fingerprint density at radius 2 is 1.90 bits per heavy atom. The molecule has 0 saturated carbocycles. The number of nitrogens with zero attached hydrogens (tertiary/aromatic N) is 1. The minimum atomic E-state index is -3.38. The maximum atomic E-state index is 12.4. The molecule has 1 aromatic carbocycles. The maximum absolute atomic E-state index is 12.4. The summed E-state index contributed by atoms with van der Waals surface area (Å²) in [5.41, 5.74) is 6.32. The molecule has 2 rings (SSSR count). The van der Waals surface area contributed by atoms with Crippen molar-refractivity contribution in [3.8, 4) is 0 Å². The fourth-order valence-electron chi connectivity index (χ4n) is 2.49. The summed E-state index contributed by atoms with van der Waals surface area (Å²) in [4.78, 5) is 0. The third-order valence-electron chi connectivity index (χ3n) is 3.64. The number of β-amino-alcohol motifs (C(OH)–C–C–N with tert-alkyl or cyclic N) is 1. The van der Waals surface area contributed by atoms with Crippen molar-refractivity contribution in [1.82, 2.24) is 4.31 Å². The van der Waals surface area contributed by atoms with Gasteiger partial charge in [-0.15, -0.1) is 0 Å². The third-order valence-corrected chi connectivity index (χ3v) is 5.44. The van der Waals surface area contributed by atoms with E-state index in [1.807, 2.05) is 12.1 Å². The summed E-state index contributed by atoms with van der Waals surface area (Å²) in [5.74, 6) is -0.0338. The van der Waals surface area contributed by atoms with Gasteiger partial charge in [0.25, 0.3) is 0 Å². The molecule has 0 amide bonds. The van der Waals surface area contributed by atoms with E-state index in [2.05, 4.69) is 0 Å². The molecule has 1 unspecified atom stereocenters. The van der Waals surface area contributed by atoms with E-state index in [-0.39, 0.29) is 12.3 Å². The SMILES string of the molecule is CC1(O)CCCN(S(=O)(=O)Cc2ccc(CN)cc2)C1. The Morgan fingerprint density at radius 1 is 1.30 bits per heavy atom. The van der Waals surface area contributed by atoms with E-state index in [1.165, 1.54) is 4.31 Å². The highest BCUT2D eigenvalue weighted by atomic mass is 32.2. The molecule has 0 radical (unpaired) electrons. The molecular formula is C14H22N2O3S. The molecule has 0 aromatic heterocycles. The standard InChI is InChI=1S/C14H22N2O3S/c1-14(17)7-2-8-16(11-14)20(18,19)10-13-5-3-12(9-15)4-6-13/h3-6,17H,2,7-11,15H2,1H3. The van der Waals surface area contributed by atoms with Gasteiger partial charge in [0.05, 0.1) is 11.4 Å². The molecule has 5 nitrogen and oxygen atoms in total. The lowest BCUT2D eigenvalue weighted by Gasteiger charge is -2.36. The second kappa shape index (κ2) is 5.81. The largest absolute Gasteiger partial charge is 0.389 e. The van der Waals surface area contributed by atoms with Gasteiger partial charge in [0.15, 0.2) is 0 Å². The highest BCUT2D eigenvalue weighted by Crippen LogP contribution is 2.24. The predicted molar refractivity (Wildman–Crippen MR) is 78.4 cm³/mol. The van der Waals surface area contributed by atoms with Crippen molar-refractivity contribution in [2.75, 3.05) is 13.1 Å². The zero-order valence-electron chi connectivity index (χ0n) is 11.7. The number of nitrogens with two attached hydrogens (primary N) is 1. The lowest BCUT2D eigenvalue weighted by Crippen LogP contribution is -2.48. The topological polar surface area (TPSA) is 83.6 Å². The zero-order valence-corrected chi connectivity index (χ0v) is 12.6. The summed E-state index contributed by atoms with van der Waals surface area (Å²) in [6, 6.07) is 7.28. The number of aliphatic hydroxyl groups is 1. The molecule has 20 heavy (non-hydrogen) atoms. The minimum absolute atomic E-state index is 0.0338. The molecular weight excluding hydrogens is 276 g/mol. The Balaban J connectivity index is 2.10. The van der Waals surface area contributed by atoms with Crippen LogP contribution in [0.15, 0.2) is 24.3 Å². The summed E-state index contributed by atoms with van der Waals surface area (Å²) in [7, 11) is -3.38. The van der Waals surface area contributed by atoms with E-state index in [9.17, 15) is 13.5 Å². The van der Waals surface area contributed by atoms with E-state index < -0.39 is 15.6 Å². The first-order chi connectivity index (χ1) is 9.32. The van der Waals surface area contributed by atoms with Crippen LogP contribution in [-0.2, 0) is 22.3 Å². The molecule has 1 saturated heterocycles. The van der Waals surface area contributed by atoms with E-state index in [0.717, 1.165) is 11.1 Å². The van der Waals surface area contributed by atoms with Gasteiger partial charge in [-0.2, -0.15) is 4.31 Å². The van der Waals surface area contributed by atoms with Crippen LogP contribution in [0, 0.1) is 0 Å². The predicted octanol–water partition coefficient (Wildman–Crippen LogP) is 0.822. The first kappa shape index (κ1) is 15.4. The molecule has 1 aliphatic heterocycles. The van der Waals surface area contributed by atoms with Crippen LogP contribution < -0.4 is 5.73 Å². The van der Waals surface area contributed by atoms with Gasteiger partial charge in [0.1, 0.15) is 0 Å². The van der Waals surface area contributed by atoms with Gasteiger partial charge in [0.2, 0.25) is 10.0 Å². The van der Waals surface area contributed by atoms with Crippen LogP contribution in [0.4, 0.5) is 0 Å². The Kier molecular flexibility index (Phi) is 4.49. The van der Waals surface area contributed by atoms with Crippen LogP contribution in [0.25, 0.3) is 0 Å². The van der Waals surface area contributed by atoms with Gasteiger partial charge < -0.3 is 10.8 Å². The van der Waals surface area contributed by atoms with Crippen molar-refractivity contribution in [3.63, 3.8) is 0 Å². The highest BCUT2D eigenvalue weighted by molar-refractivity contribution is 7.88. The number of hydrogen-bond donors (Lipinski definition) is 2. The lowest BCUT2D eigenvalue weighted by atomic mass is 9.97. The quantitative estimate of drug-likeness (QED) is 0.862. The van der Waals surface area contributed by atoms with Crippen molar-refractivity contribution >= 4 is 10.0 Å². The van der Waals surface area contributed by atoms with Crippen molar-refractivity contribution in [2.45, 2.75) is 37.7 Å². The Bertz CT molecular complexity index is 552. The molecule has 1 fully saturated rings. The number of hydrogen-bond acceptors (Lipinski definition) is 4. The second-order valence-corrected chi connectivity index (χ2v) is 7.68. The van der Waals surface area contributed by atoms with Gasteiger partial charge in [-0.3, -0.25) is 0 Å². The van der Waals surface area contributed by atoms with Crippen LogP contribution in [0.5, 0.6) is 0 Å². The second-order valence-electron chi connectivity index (χ2n) is 5.71. The molecule has 1 atom stereocenters. The lowest BCUT2D eigenvalue weighted by molar-refractivity contribution is 0.00935. The first-order valence-corrected chi connectivity index (χ1v) is 8.41. The summed E-state index contributed by atoms with van der Waals surface area (Å²) < 4.78 is 26.2. The van der Waals surface area contributed by atoms with Crippen LogP contribution in [0.3, 0.4) is 0 Å². The fraction of sp³-hybridized carbons (Fsp3) is 0.571. The summed E-state index contributed by atoms with van der Waals surface area (Å²) in [5, 5.41) is 10.0. The molecule has 6 heteroatoms. The van der Waals surface area contributed by atoms with Gasteiger partial charge in [-0.1, -0.05) is 24.3 Å². The number of sulfonamides is 1. The third kappa shape index (κ3) is 3.79. The molecule has 0 bridgehead atoms. The van der Waals surface area contributed by atoms with Crippen molar-refractivity contribution in [1.29, 1.82) is 0 Å².